The molecule has 0 aliphatic rings. The van der Waals surface area contributed by atoms with Crippen LogP contribution in [0.3, 0.4) is 0 Å². The molecule has 178 valence electrons. The van der Waals surface area contributed by atoms with Crippen molar-refractivity contribution in [1.82, 2.24) is 0 Å². The van der Waals surface area contributed by atoms with Crippen LogP contribution in [-0.4, -0.2) is 23.8 Å². The number of carboxylic acid groups (broad SMARTS) is 1. The van der Waals surface area contributed by atoms with E-state index in [1.54, 1.807) is 37.3 Å². The van der Waals surface area contributed by atoms with Gasteiger partial charge in [0, 0.05) is 3.57 Å². The molecule has 1 unspecified atom stereocenters. The number of rotatable bonds is 8. The third-order valence-corrected chi connectivity index (χ3v) is 5.71. The van der Waals surface area contributed by atoms with Crippen LogP contribution in [0.15, 0.2) is 72.8 Å². The molecule has 0 heterocycles. The zero-order chi connectivity index (χ0) is 24.9. The Morgan fingerprint density at radius 1 is 1.06 bits per heavy atom. The van der Waals surface area contributed by atoms with Crippen molar-refractivity contribution >= 4 is 34.1 Å². The number of hydrogen-bond acceptors (Lipinski definition) is 3. The van der Waals surface area contributed by atoms with Gasteiger partial charge in [0.15, 0.2) is 6.10 Å². The highest BCUT2D eigenvalue weighted by atomic mass is 127. The molecule has 0 aliphatic carbocycles. The molecule has 1 atom stereocenters. The highest BCUT2D eigenvalue weighted by molar-refractivity contribution is 14.1. The van der Waals surface area contributed by atoms with E-state index in [9.17, 15) is 18.0 Å². The molecule has 0 bridgehead atoms. The van der Waals surface area contributed by atoms with Gasteiger partial charge in [0.2, 0.25) is 0 Å². The topological polar surface area (TPSA) is 55.8 Å². The minimum absolute atomic E-state index is 0.114. The molecule has 34 heavy (non-hydrogen) atoms. The first-order chi connectivity index (χ1) is 16.0. The van der Waals surface area contributed by atoms with Gasteiger partial charge in [-0.15, -0.1) is 0 Å². The third-order valence-electron chi connectivity index (χ3n) is 4.99. The van der Waals surface area contributed by atoms with E-state index in [2.05, 4.69) is 22.6 Å². The van der Waals surface area contributed by atoms with Crippen LogP contribution in [0.2, 0.25) is 0 Å². The molecule has 1 N–H and O–H groups in total. The molecule has 0 spiro atoms. The third kappa shape index (κ3) is 6.75. The van der Waals surface area contributed by atoms with Gasteiger partial charge in [-0.3, -0.25) is 0 Å². The zero-order valence-electron chi connectivity index (χ0n) is 18.4. The number of aryl methyl sites for hydroxylation is 1. The number of ether oxygens (including phenoxy) is 2. The largest absolute Gasteiger partial charge is 0.489 e. The van der Waals surface area contributed by atoms with E-state index in [-0.39, 0.29) is 6.61 Å². The van der Waals surface area contributed by atoms with Gasteiger partial charge in [-0.25, -0.2) is 4.79 Å². The van der Waals surface area contributed by atoms with Crippen molar-refractivity contribution in [2.24, 2.45) is 0 Å². The van der Waals surface area contributed by atoms with Crippen molar-refractivity contribution in [3.05, 3.63) is 98.6 Å². The van der Waals surface area contributed by atoms with Crippen molar-refractivity contribution in [3.63, 3.8) is 0 Å². The van der Waals surface area contributed by atoms with E-state index < -0.39 is 23.8 Å². The summed E-state index contributed by atoms with van der Waals surface area (Å²) in [5.74, 6) is -0.112. The SMILES string of the molecule is Cc1cc(OCC=C(c2ccc(I)cc2)c2cccc(C(F)(F)F)c2)ccc1OC(C)C(=O)O. The monoisotopic (exact) mass is 582 g/mol. The molecule has 3 aromatic rings. The maximum atomic E-state index is 13.3. The normalized spacial score (nSPS) is 12.8. The fourth-order valence-corrected chi connectivity index (χ4v) is 3.56. The average Bonchev–Trinajstić information content (AvgIpc) is 2.78. The summed E-state index contributed by atoms with van der Waals surface area (Å²) >= 11 is 2.17. The summed E-state index contributed by atoms with van der Waals surface area (Å²) in [6, 6.07) is 17.7. The lowest BCUT2D eigenvalue weighted by atomic mass is 9.96. The lowest BCUT2D eigenvalue weighted by molar-refractivity contribution is -0.144. The van der Waals surface area contributed by atoms with Crippen LogP contribution >= 0.6 is 22.6 Å². The number of carbonyl (C=O) groups is 1. The number of alkyl halides is 3. The number of halogens is 4. The molecular weight excluding hydrogens is 560 g/mol. The molecule has 8 heteroatoms. The van der Waals surface area contributed by atoms with E-state index >= 15 is 0 Å². The van der Waals surface area contributed by atoms with Crippen molar-refractivity contribution in [1.29, 1.82) is 0 Å². The fraction of sp³-hybridized carbons (Fsp3) is 0.192. The Kier molecular flexibility index (Phi) is 8.24. The minimum Gasteiger partial charge on any atom is -0.489 e. The summed E-state index contributed by atoms with van der Waals surface area (Å²) in [7, 11) is 0. The van der Waals surface area contributed by atoms with Crippen molar-refractivity contribution < 1.29 is 32.5 Å². The molecule has 0 saturated carbocycles. The molecule has 0 fully saturated rings. The Balaban J connectivity index is 1.85. The standard InChI is InChI=1S/C26H22F3IO4/c1-16-14-22(10-11-24(16)34-17(2)25(31)32)33-13-12-23(18-6-8-21(30)9-7-18)19-4-3-5-20(15-19)26(27,28)29/h3-12,14-15,17H,13H2,1-2H3,(H,31,32). The Morgan fingerprint density at radius 2 is 1.76 bits per heavy atom. The summed E-state index contributed by atoms with van der Waals surface area (Å²) in [6.45, 7) is 3.33. The van der Waals surface area contributed by atoms with Gasteiger partial charge in [0.25, 0.3) is 0 Å². The van der Waals surface area contributed by atoms with Crippen LogP contribution in [0.1, 0.15) is 29.2 Å². The van der Waals surface area contributed by atoms with E-state index in [0.717, 1.165) is 21.3 Å². The van der Waals surface area contributed by atoms with E-state index in [0.29, 0.717) is 28.2 Å². The second-order valence-corrected chi connectivity index (χ2v) is 8.79. The van der Waals surface area contributed by atoms with Crippen LogP contribution in [0.25, 0.3) is 5.57 Å². The molecule has 0 aromatic heterocycles. The smallest absolute Gasteiger partial charge is 0.416 e. The van der Waals surface area contributed by atoms with Gasteiger partial charge < -0.3 is 14.6 Å². The van der Waals surface area contributed by atoms with Gasteiger partial charge in [-0.05, 0) is 107 Å². The second kappa shape index (κ2) is 10.9. The van der Waals surface area contributed by atoms with Crippen molar-refractivity contribution in [3.8, 4) is 11.5 Å². The Hall–Kier alpha value is -3.01. The lowest BCUT2D eigenvalue weighted by Gasteiger charge is -2.15. The van der Waals surface area contributed by atoms with Crippen LogP contribution in [0.5, 0.6) is 11.5 Å². The molecule has 0 aliphatic heterocycles. The highest BCUT2D eigenvalue weighted by Gasteiger charge is 2.30. The van der Waals surface area contributed by atoms with Crippen molar-refractivity contribution in [2.45, 2.75) is 26.1 Å². The van der Waals surface area contributed by atoms with Gasteiger partial charge >= 0.3 is 12.1 Å². The maximum Gasteiger partial charge on any atom is 0.416 e. The predicted molar refractivity (Wildman–Crippen MR) is 132 cm³/mol. The second-order valence-electron chi connectivity index (χ2n) is 7.54. The molecule has 3 rings (SSSR count). The highest BCUT2D eigenvalue weighted by Crippen LogP contribution is 2.33. The Bertz CT molecular complexity index is 1190. The van der Waals surface area contributed by atoms with Crippen LogP contribution in [0.4, 0.5) is 13.2 Å². The van der Waals surface area contributed by atoms with Gasteiger partial charge in [-0.2, -0.15) is 13.2 Å². The number of benzene rings is 3. The van der Waals surface area contributed by atoms with E-state index in [1.807, 2.05) is 24.3 Å². The van der Waals surface area contributed by atoms with E-state index in [1.165, 1.54) is 13.0 Å². The molecule has 4 nitrogen and oxygen atoms in total. The fourth-order valence-electron chi connectivity index (χ4n) is 3.20. The average molecular weight is 582 g/mol. The van der Waals surface area contributed by atoms with Crippen LogP contribution in [-0.2, 0) is 11.0 Å². The predicted octanol–water partition coefficient (Wildman–Crippen LogP) is 6.98. The molecule has 0 saturated heterocycles. The Morgan fingerprint density at radius 3 is 2.38 bits per heavy atom. The summed E-state index contributed by atoms with van der Waals surface area (Å²) in [4.78, 5) is 11.0. The summed E-state index contributed by atoms with van der Waals surface area (Å²) in [5, 5.41) is 9.00. The first kappa shape index (κ1) is 25.6. The summed E-state index contributed by atoms with van der Waals surface area (Å²) in [5.41, 5.74) is 1.80. The Labute approximate surface area is 209 Å². The zero-order valence-corrected chi connectivity index (χ0v) is 20.6. The number of carboxylic acids is 1. The first-order valence-corrected chi connectivity index (χ1v) is 11.4. The minimum atomic E-state index is -4.44. The molecular formula is C26H22F3IO4. The molecule has 0 amide bonds. The maximum absolute atomic E-state index is 13.3. The quantitative estimate of drug-likeness (QED) is 0.291. The van der Waals surface area contributed by atoms with Crippen LogP contribution < -0.4 is 9.47 Å². The molecule has 3 aromatic carbocycles. The van der Waals surface area contributed by atoms with Crippen LogP contribution in [0, 0.1) is 10.5 Å². The summed E-state index contributed by atoms with van der Waals surface area (Å²) < 4.78 is 52.0. The number of aliphatic carboxylic acids is 1. The van der Waals surface area contributed by atoms with E-state index in [4.69, 9.17) is 14.6 Å². The first-order valence-electron chi connectivity index (χ1n) is 10.3. The molecule has 0 radical (unpaired) electrons. The summed E-state index contributed by atoms with van der Waals surface area (Å²) in [6.07, 6.45) is -3.69. The van der Waals surface area contributed by atoms with Gasteiger partial charge in [0.1, 0.15) is 18.1 Å². The lowest BCUT2D eigenvalue weighted by Crippen LogP contribution is -2.23. The van der Waals surface area contributed by atoms with Crippen molar-refractivity contribution in [2.75, 3.05) is 6.61 Å². The van der Waals surface area contributed by atoms with Gasteiger partial charge in [-0.1, -0.05) is 24.3 Å². The van der Waals surface area contributed by atoms with Gasteiger partial charge in [0.05, 0.1) is 5.56 Å². The number of hydrogen-bond donors (Lipinski definition) is 1.